The van der Waals surface area contributed by atoms with Crippen LogP contribution in [0.15, 0.2) is 30.6 Å². The van der Waals surface area contributed by atoms with Crippen LogP contribution in [0.2, 0.25) is 0 Å². The summed E-state index contributed by atoms with van der Waals surface area (Å²) in [6, 6.07) is 4.34. The van der Waals surface area contributed by atoms with E-state index in [1.807, 2.05) is 0 Å². The van der Waals surface area contributed by atoms with E-state index in [2.05, 4.69) is 25.9 Å². The first-order chi connectivity index (χ1) is 18.4. The Morgan fingerprint density at radius 3 is 2.56 bits per heavy atom. The predicted molar refractivity (Wildman–Crippen MR) is 139 cm³/mol. The fourth-order valence-electron chi connectivity index (χ4n) is 4.27. The van der Waals surface area contributed by atoms with Crippen molar-refractivity contribution in [3.8, 4) is 5.88 Å². The Labute approximate surface area is 225 Å². The van der Waals surface area contributed by atoms with E-state index in [1.165, 1.54) is 25.4 Å². The van der Waals surface area contributed by atoms with Crippen LogP contribution >= 0.6 is 0 Å². The number of halogens is 3. The van der Waals surface area contributed by atoms with Crippen LogP contribution in [-0.4, -0.2) is 52.8 Å². The quantitative estimate of drug-likeness (QED) is 0.301. The number of aromatic nitrogens is 2. The second kappa shape index (κ2) is 13.0. The van der Waals surface area contributed by atoms with Crippen molar-refractivity contribution in [2.45, 2.75) is 82.8 Å². The van der Waals surface area contributed by atoms with Gasteiger partial charge in [-0.25, -0.2) is 14.8 Å². The van der Waals surface area contributed by atoms with Crippen molar-refractivity contribution in [1.29, 1.82) is 0 Å². The maximum atomic E-state index is 13.1. The number of ether oxygens (including phenoxy) is 2. The van der Waals surface area contributed by atoms with Gasteiger partial charge in [-0.1, -0.05) is 6.07 Å². The Hall–Kier alpha value is -3.61. The van der Waals surface area contributed by atoms with E-state index in [0.29, 0.717) is 56.8 Å². The average Bonchev–Trinajstić information content (AvgIpc) is 2.86. The molecule has 13 heteroatoms. The highest BCUT2D eigenvalue weighted by Crippen LogP contribution is 2.33. The molecule has 1 fully saturated rings. The molecule has 39 heavy (non-hydrogen) atoms. The first-order valence-corrected chi connectivity index (χ1v) is 12.7. The van der Waals surface area contributed by atoms with Crippen LogP contribution in [0.1, 0.15) is 57.1 Å². The number of benzene rings is 1. The van der Waals surface area contributed by atoms with Gasteiger partial charge in [-0.2, -0.15) is 13.2 Å². The molecule has 2 aromatic rings. The van der Waals surface area contributed by atoms with Crippen LogP contribution in [-0.2, 0) is 15.7 Å². The number of alkyl halides is 3. The summed E-state index contributed by atoms with van der Waals surface area (Å²) in [5, 5.41) is 8.47. The maximum Gasteiger partial charge on any atom is 0.416 e. The largest absolute Gasteiger partial charge is 0.474 e. The zero-order valence-corrected chi connectivity index (χ0v) is 22.2. The van der Waals surface area contributed by atoms with Gasteiger partial charge in [-0.3, -0.25) is 4.79 Å². The molecule has 1 aliphatic carbocycles. The number of anilines is 2. The fourth-order valence-corrected chi connectivity index (χ4v) is 4.27. The van der Waals surface area contributed by atoms with Crippen LogP contribution in [0.4, 0.5) is 29.5 Å². The minimum absolute atomic E-state index is 0.0793. The minimum Gasteiger partial charge on any atom is -0.474 e. The number of carbonyl (C=O) groups is 2. The van der Waals surface area contributed by atoms with Crippen LogP contribution in [0.5, 0.6) is 5.88 Å². The molecule has 0 bridgehead atoms. The maximum absolute atomic E-state index is 13.1. The molecule has 0 aliphatic heterocycles. The summed E-state index contributed by atoms with van der Waals surface area (Å²) in [6.07, 6.45) is -0.0333. The lowest BCUT2D eigenvalue weighted by molar-refractivity contribution is -0.142. The number of nitrogens with two attached hydrogens (primary N) is 1. The molecule has 1 saturated carbocycles. The van der Waals surface area contributed by atoms with E-state index in [-0.39, 0.29) is 29.4 Å². The van der Waals surface area contributed by atoms with E-state index in [1.54, 1.807) is 19.9 Å². The molecule has 214 valence electrons. The number of nitrogens with zero attached hydrogens (tertiary/aromatic N) is 2. The number of carbonyl (C=O) groups excluding carboxylic acids is 2. The molecule has 1 unspecified atom stereocenters. The van der Waals surface area contributed by atoms with Crippen molar-refractivity contribution < 1.29 is 32.2 Å². The molecule has 5 N–H and O–H groups in total. The fraction of sp³-hybridized carbons (Fsp3) is 0.538. The highest BCUT2D eigenvalue weighted by atomic mass is 19.4. The van der Waals surface area contributed by atoms with Gasteiger partial charge >= 0.3 is 12.2 Å². The zero-order valence-electron chi connectivity index (χ0n) is 22.2. The lowest BCUT2D eigenvalue weighted by atomic mass is 9.93. The van der Waals surface area contributed by atoms with Gasteiger partial charge in [0.05, 0.1) is 5.56 Å². The number of rotatable bonds is 11. The normalized spacial score (nSPS) is 18.5. The monoisotopic (exact) mass is 552 g/mol. The van der Waals surface area contributed by atoms with Crippen molar-refractivity contribution in [3.63, 3.8) is 0 Å². The Kier molecular flexibility index (Phi) is 9.95. The van der Waals surface area contributed by atoms with Gasteiger partial charge in [-0.15, -0.1) is 0 Å². The van der Waals surface area contributed by atoms with E-state index in [0.717, 1.165) is 6.07 Å². The van der Waals surface area contributed by atoms with E-state index >= 15 is 0 Å². The molecule has 1 aromatic heterocycles. The second-order valence-electron chi connectivity index (χ2n) is 10.1. The van der Waals surface area contributed by atoms with E-state index < -0.39 is 23.4 Å². The Morgan fingerprint density at radius 1 is 1.18 bits per heavy atom. The molecule has 1 atom stereocenters. The zero-order chi connectivity index (χ0) is 28.6. The molecule has 2 amide bonds. The Morgan fingerprint density at radius 2 is 1.90 bits per heavy atom. The number of nitrogens with one attached hydrogen (secondary N) is 3. The SMILES string of the molecule is Cc1ccc(NC(=O)NC2CCC(Oc3cc(NCCC(N)C(C)(C)OC=O)ncn3)CC2)cc1C(F)(F)F. The third-order valence-electron chi connectivity index (χ3n) is 6.75. The first kappa shape index (κ1) is 29.9. The third kappa shape index (κ3) is 8.98. The predicted octanol–water partition coefficient (Wildman–Crippen LogP) is 4.40. The molecule has 0 radical (unpaired) electrons. The summed E-state index contributed by atoms with van der Waals surface area (Å²) in [6.45, 7) is 5.76. The lowest BCUT2D eigenvalue weighted by Gasteiger charge is -2.29. The van der Waals surface area contributed by atoms with Crippen LogP contribution < -0.4 is 26.4 Å². The molecule has 1 aliphatic rings. The first-order valence-electron chi connectivity index (χ1n) is 12.7. The minimum atomic E-state index is -4.49. The molecule has 1 aromatic carbocycles. The molecule has 3 rings (SSSR count). The summed E-state index contributed by atoms with van der Waals surface area (Å²) in [4.78, 5) is 31.3. The van der Waals surface area contributed by atoms with Crippen LogP contribution in [0.25, 0.3) is 0 Å². The van der Waals surface area contributed by atoms with Gasteiger partial charge in [0.2, 0.25) is 5.88 Å². The van der Waals surface area contributed by atoms with Crippen molar-refractivity contribution in [3.05, 3.63) is 41.7 Å². The summed E-state index contributed by atoms with van der Waals surface area (Å²) in [7, 11) is 0. The summed E-state index contributed by atoms with van der Waals surface area (Å²) >= 11 is 0. The van der Waals surface area contributed by atoms with Gasteiger partial charge in [0.15, 0.2) is 0 Å². The highest BCUT2D eigenvalue weighted by Gasteiger charge is 2.33. The molecule has 0 spiro atoms. The van der Waals surface area contributed by atoms with E-state index in [4.69, 9.17) is 15.2 Å². The lowest BCUT2D eigenvalue weighted by Crippen LogP contribution is -2.46. The van der Waals surface area contributed by atoms with Crippen molar-refractivity contribution in [2.75, 3.05) is 17.2 Å². The number of urea groups is 1. The molecule has 1 heterocycles. The van der Waals surface area contributed by atoms with Gasteiger partial charge < -0.3 is 31.2 Å². The average molecular weight is 553 g/mol. The summed E-state index contributed by atoms with van der Waals surface area (Å²) in [5.41, 5.74) is 4.72. The smallest absolute Gasteiger partial charge is 0.416 e. The van der Waals surface area contributed by atoms with Crippen molar-refractivity contribution in [2.24, 2.45) is 5.73 Å². The van der Waals surface area contributed by atoms with Gasteiger partial charge in [-0.05, 0) is 70.6 Å². The summed E-state index contributed by atoms with van der Waals surface area (Å²) in [5.74, 6) is 0.980. The number of amides is 2. The highest BCUT2D eigenvalue weighted by molar-refractivity contribution is 5.89. The third-order valence-corrected chi connectivity index (χ3v) is 6.75. The second-order valence-corrected chi connectivity index (χ2v) is 10.1. The topological polar surface area (TPSA) is 140 Å². The molecule has 0 saturated heterocycles. The number of hydrogen-bond donors (Lipinski definition) is 4. The van der Waals surface area contributed by atoms with Crippen LogP contribution in [0, 0.1) is 6.92 Å². The van der Waals surface area contributed by atoms with Crippen molar-refractivity contribution >= 4 is 24.0 Å². The number of hydrogen-bond acceptors (Lipinski definition) is 8. The molecule has 10 nitrogen and oxygen atoms in total. The van der Waals surface area contributed by atoms with Gasteiger partial charge in [0.1, 0.15) is 23.9 Å². The Balaban J connectivity index is 1.42. The van der Waals surface area contributed by atoms with Gasteiger partial charge in [0.25, 0.3) is 6.47 Å². The number of aryl methyl sites for hydroxylation is 1. The van der Waals surface area contributed by atoms with Crippen LogP contribution in [0.3, 0.4) is 0 Å². The molecular formula is C26H35F3N6O4. The Bertz CT molecular complexity index is 1120. The van der Waals surface area contributed by atoms with Crippen molar-refractivity contribution in [1.82, 2.24) is 15.3 Å². The summed E-state index contributed by atoms with van der Waals surface area (Å²) < 4.78 is 50.4. The standard InChI is InChI=1S/C26H35F3N6O4/c1-16-4-5-18(12-20(16)26(27,28)29)35-24(37)34-17-6-8-19(9-7-17)39-23-13-22(32-14-33-23)31-11-10-21(30)25(2,3)38-15-36/h4-5,12-15,17,19,21H,6-11,30H2,1-3H3,(H,31,32,33)(H2,34,35,37). The van der Waals surface area contributed by atoms with E-state index in [9.17, 15) is 22.8 Å². The van der Waals surface area contributed by atoms with Gasteiger partial charge in [0, 0.05) is 30.4 Å². The molecular weight excluding hydrogens is 517 g/mol.